The van der Waals surface area contributed by atoms with Crippen molar-refractivity contribution < 1.29 is 4.79 Å². The van der Waals surface area contributed by atoms with Crippen LogP contribution in [0, 0.1) is 5.92 Å². The molecule has 9 heteroatoms. The fraction of sp³-hybridized carbons (Fsp3) is 0.765. The topological polar surface area (TPSA) is 96.2 Å². The zero-order valence-electron chi connectivity index (χ0n) is 15.8. The van der Waals surface area contributed by atoms with Crippen LogP contribution in [0.25, 0.3) is 0 Å². The molecule has 1 heterocycles. The maximum absolute atomic E-state index is 12.1. The molecule has 1 saturated carbocycles. The van der Waals surface area contributed by atoms with Crippen molar-refractivity contribution in [3.05, 3.63) is 12.2 Å². The summed E-state index contributed by atoms with van der Waals surface area (Å²) in [6, 6.07) is 0. The number of hydrogen-bond acceptors (Lipinski definition) is 4. The Morgan fingerprint density at radius 1 is 1.19 bits per heavy atom. The van der Waals surface area contributed by atoms with E-state index >= 15 is 0 Å². The first-order valence-electron chi connectivity index (χ1n) is 9.33. The van der Waals surface area contributed by atoms with Crippen LogP contribution in [0.4, 0.5) is 0 Å². The first kappa shape index (κ1) is 22.7. The number of hydrogen-bond donors (Lipinski definition) is 3. The van der Waals surface area contributed by atoms with Gasteiger partial charge in [0.15, 0.2) is 5.96 Å². The summed E-state index contributed by atoms with van der Waals surface area (Å²) < 4.78 is 2.03. The quantitative estimate of drug-likeness (QED) is 0.227. The van der Waals surface area contributed by atoms with Crippen molar-refractivity contribution in [2.24, 2.45) is 10.9 Å². The number of carbonyl (C=O) groups excluding carboxylic acids is 1. The summed E-state index contributed by atoms with van der Waals surface area (Å²) in [6.45, 7) is 4.86. The summed E-state index contributed by atoms with van der Waals surface area (Å²) in [7, 11) is 1.74. The molecule has 1 aliphatic carbocycles. The van der Waals surface area contributed by atoms with Crippen LogP contribution in [-0.4, -0.2) is 53.3 Å². The third kappa shape index (κ3) is 7.46. The highest BCUT2D eigenvalue weighted by atomic mass is 127. The highest BCUT2D eigenvalue weighted by Crippen LogP contribution is 2.23. The minimum absolute atomic E-state index is 0. The van der Waals surface area contributed by atoms with Gasteiger partial charge in [0.1, 0.15) is 12.2 Å². The molecule has 1 aromatic heterocycles. The standard InChI is InChI=1S/C17H31N7O.HI/c1-3-15-23-22-13-24(15)12-11-21-17(18-2)20-10-9-19-16(25)14-7-5-4-6-8-14;/h13-14H,3-12H2,1-2H3,(H,19,25)(H2,18,20,21);1H. The van der Waals surface area contributed by atoms with Crippen LogP contribution >= 0.6 is 24.0 Å². The monoisotopic (exact) mass is 477 g/mol. The maximum Gasteiger partial charge on any atom is 0.223 e. The van der Waals surface area contributed by atoms with E-state index in [0.29, 0.717) is 13.1 Å². The molecule has 2 rings (SSSR count). The summed E-state index contributed by atoms with van der Waals surface area (Å²) in [6.07, 6.45) is 8.31. The number of nitrogens with one attached hydrogen (secondary N) is 3. The molecule has 0 saturated heterocycles. The van der Waals surface area contributed by atoms with Crippen molar-refractivity contribution >= 4 is 35.8 Å². The molecule has 0 spiro atoms. The first-order valence-corrected chi connectivity index (χ1v) is 9.33. The van der Waals surface area contributed by atoms with Gasteiger partial charge in [0.25, 0.3) is 0 Å². The molecule has 1 aromatic rings. The predicted molar refractivity (Wildman–Crippen MR) is 114 cm³/mol. The number of halogens is 1. The maximum atomic E-state index is 12.1. The summed E-state index contributed by atoms with van der Waals surface area (Å²) >= 11 is 0. The zero-order valence-corrected chi connectivity index (χ0v) is 18.2. The van der Waals surface area contributed by atoms with E-state index in [2.05, 4.69) is 38.1 Å². The lowest BCUT2D eigenvalue weighted by molar-refractivity contribution is -0.125. The Labute approximate surface area is 173 Å². The van der Waals surface area contributed by atoms with Gasteiger partial charge in [-0.2, -0.15) is 0 Å². The Morgan fingerprint density at radius 2 is 1.88 bits per heavy atom. The molecular formula is C17H32IN7O. The summed E-state index contributed by atoms with van der Waals surface area (Å²) in [5.41, 5.74) is 0. The third-order valence-corrected chi connectivity index (χ3v) is 4.57. The SMILES string of the molecule is CCc1nncn1CCNC(=NC)NCCNC(=O)C1CCCCC1.I. The third-order valence-electron chi connectivity index (χ3n) is 4.57. The van der Waals surface area contributed by atoms with Crippen molar-refractivity contribution in [2.75, 3.05) is 26.7 Å². The van der Waals surface area contributed by atoms with Gasteiger partial charge in [0.2, 0.25) is 5.91 Å². The van der Waals surface area contributed by atoms with Gasteiger partial charge in [-0.1, -0.05) is 26.2 Å². The average Bonchev–Trinajstić information content (AvgIpc) is 3.11. The van der Waals surface area contributed by atoms with Gasteiger partial charge < -0.3 is 20.5 Å². The molecule has 0 unspecified atom stereocenters. The molecule has 1 aliphatic rings. The Balaban J connectivity index is 0.00000338. The predicted octanol–water partition coefficient (Wildman–Crippen LogP) is 1.32. The normalized spacial score (nSPS) is 15.2. The van der Waals surface area contributed by atoms with Crippen LogP contribution in [0.2, 0.25) is 0 Å². The minimum Gasteiger partial charge on any atom is -0.355 e. The van der Waals surface area contributed by atoms with Crippen LogP contribution in [0.1, 0.15) is 44.9 Å². The van der Waals surface area contributed by atoms with Gasteiger partial charge >= 0.3 is 0 Å². The number of rotatable bonds is 8. The first-order chi connectivity index (χ1) is 12.2. The van der Waals surface area contributed by atoms with Gasteiger partial charge in [-0.15, -0.1) is 34.2 Å². The van der Waals surface area contributed by atoms with E-state index in [4.69, 9.17) is 0 Å². The highest BCUT2D eigenvalue weighted by molar-refractivity contribution is 14.0. The molecule has 3 N–H and O–H groups in total. The van der Waals surface area contributed by atoms with Crippen molar-refractivity contribution in [2.45, 2.75) is 52.0 Å². The number of nitrogens with zero attached hydrogens (tertiary/aromatic N) is 4. The number of guanidine groups is 1. The van der Waals surface area contributed by atoms with Crippen molar-refractivity contribution in [1.82, 2.24) is 30.7 Å². The Hall–Kier alpha value is -1.39. The second-order valence-corrected chi connectivity index (χ2v) is 6.35. The van der Waals surface area contributed by atoms with E-state index in [-0.39, 0.29) is 35.8 Å². The lowest BCUT2D eigenvalue weighted by Crippen LogP contribution is -2.43. The van der Waals surface area contributed by atoms with E-state index in [1.54, 1.807) is 13.4 Å². The molecule has 1 fully saturated rings. The molecule has 0 bridgehead atoms. The van der Waals surface area contributed by atoms with E-state index in [9.17, 15) is 4.79 Å². The van der Waals surface area contributed by atoms with Crippen LogP contribution in [0.3, 0.4) is 0 Å². The Morgan fingerprint density at radius 3 is 2.58 bits per heavy atom. The highest BCUT2D eigenvalue weighted by Gasteiger charge is 2.20. The molecule has 26 heavy (non-hydrogen) atoms. The molecule has 8 nitrogen and oxygen atoms in total. The van der Waals surface area contributed by atoms with E-state index in [1.165, 1.54) is 19.3 Å². The molecule has 148 valence electrons. The molecule has 0 radical (unpaired) electrons. The molecule has 1 amide bonds. The summed E-state index contributed by atoms with van der Waals surface area (Å²) in [4.78, 5) is 16.3. The molecular weight excluding hydrogens is 445 g/mol. The summed E-state index contributed by atoms with van der Waals surface area (Å²) in [5.74, 6) is 2.13. The number of aryl methyl sites for hydroxylation is 1. The fourth-order valence-corrected chi connectivity index (χ4v) is 3.13. The number of aromatic nitrogens is 3. The summed E-state index contributed by atoms with van der Waals surface area (Å²) in [5, 5.41) is 17.5. The van der Waals surface area contributed by atoms with Gasteiger partial charge in [0, 0.05) is 45.6 Å². The van der Waals surface area contributed by atoms with E-state index in [1.807, 2.05) is 4.57 Å². The van der Waals surface area contributed by atoms with Crippen LogP contribution < -0.4 is 16.0 Å². The van der Waals surface area contributed by atoms with Gasteiger partial charge in [-0.05, 0) is 12.8 Å². The van der Waals surface area contributed by atoms with Crippen molar-refractivity contribution in [1.29, 1.82) is 0 Å². The molecule has 0 atom stereocenters. The Bertz CT molecular complexity index is 555. The lowest BCUT2D eigenvalue weighted by atomic mass is 9.89. The molecule has 0 aromatic carbocycles. The average molecular weight is 477 g/mol. The molecule has 0 aliphatic heterocycles. The second kappa shape index (κ2) is 12.9. The number of aliphatic imine (C=N–C) groups is 1. The lowest BCUT2D eigenvalue weighted by Gasteiger charge is -2.21. The minimum atomic E-state index is 0. The number of carbonyl (C=O) groups is 1. The smallest absolute Gasteiger partial charge is 0.223 e. The van der Waals surface area contributed by atoms with E-state index < -0.39 is 0 Å². The van der Waals surface area contributed by atoms with Gasteiger partial charge in [-0.3, -0.25) is 9.79 Å². The van der Waals surface area contributed by atoms with Crippen LogP contribution in [0.5, 0.6) is 0 Å². The fourth-order valence-electron chi connectivity index (χ4n) is 3.13. The van der Waals surface area contributed by atoms with Crippen molar-refractivity contribution in [3.8, 4) is 0 Å². The van der Waals surface area contributed by atoms with Gasteiger partial charge in [-0.25, -0.2) is 0 Å². The van der Waals surface area contributed by atoms with Crippen LogP contribution in [0.15, 0.2) is 11.3 Å². The van der Waals surface area contributed by atoms with Gasteiger partial charge in [0.05, 0.1) is 0 Å². The number of amides is 1. The Kier molecular flexibility index (Phi) is 11.2. The van der Waals surface area contributed by atoms with E-state index in [0.717, 1.165) is 44.1 Å². The zero-order chi connectivity index (χ0) is 17.9. The largest absolute Gasteiger partial charge is 0.355 e. The second-order valence-electron chi connectivity index (χ2n) is 6.35. The van der Waals surface area contributed by atoms with Crippen LogP contribution in [-0.2, 0) is 17.8 Å². The van der Waals surface area contributed by atoms with Crippen molar-refractivity contribution in [3.63, 3.8) is 0 Å².